The van der Waals surface area contributed by atoms with Gasteiger partial charge in [-0.05, 0) is 74.3 Å². The number of nitrogens with zero attached hydrogens (tertiary/aromatic N) is 6. The van der Waals surface area contributed by atoms with Crippen LogP contribution in [-0.2, 0) is 39.9 Å². The Bertz CT molecular complexity index is 1450. The maximum absolute atomic E-state index is 13.1. The molecule has 3 aromatic heterocycles. The molecular formula is C22H16BClF9N6NiO3. The molecule has 0 aliphatic heterocycles. The Morgan fingerprint density at radius 3 is 1.35 bits per heavy atom. The minimum atomic E-state index is -4.90. The molecule has 0 aliphatic rings. The molecule has 0 saturated carbocycles. The van der Waals surface area contributed by atoms with Gasteiger partial charge in [0.25, 0.3) is 7.12 Å². The number of aromatic nitrogens is 6. The van der Waals surface area contributed by atoms with Crippen molar-refractivity contribution in [2.75, 3.05) is 0 Å². The maximum Gasteiger partial charge on any atom is 2.00 e. The zero-order chi connectivity index (χ0) is 31.8. The van der Waals surface area contributed by atoms with E-state index in [1.165, 1.54) is 32.9 Å². The summed E-state index contributed by atoms with van der Waals surface area (Å²) < 4.78 is 120. The monoisotopic (exact) mass is 687 g/mol. The van der Waals surface area contributed by atoms with E-state index in [1.807, 2.05) is 0 Å². The molecule has 43 heavy (non-hydrogen) atoms. The van der Waals surface area contributed by atoms with E-state index in [2.05, 4.69) is 20.2 Å². The van der Waals surface area contributed by atoms with Crippen molar-refractivity contribution in [3.05, 3.63) is 87.2 Å². The number of benzene rings is 1. The zero-order valence-electron chi connectivity index (χ0n) is 21.6. The van der Waals surface area contributed by atoms with E-state index in [0.29, 0.717) is 37.0 Å². The Hall–Kier alpha value is -3.50. The second-order valence-electron chi connectivity index (χ2n) is 8.57. The Balaban J connectivity index is 0.000000454. The number of aryl methyl sites for hydroxylation is 3. The van der Waals surface area contributed by atoms with Crippen LogP contribution in [-0.4, -0.2) is 42.2 Å². The van der Waals surface area contributed by atoms with E-state index in [0.717, 1.165) is 0 Å². The van der Waals surface area contributed by atoms with E-state index in [4.69, 9.17) is 11.6 Å². The summed E-state index contributed by atoms with van der Waals surface area (Å²) in [6.07, 6.45) is -14.7. The molecule has 4 rings (SSSR count). The Kier molecular flexibility index (Phi) is 10.8. The molecule has 0 aliphatic carbocycles. The molecule has 0 spiro atoms. The molecule has 4 aromatic rings. The fourth-order valence-corrected chi connectivity index (χ4v) is 3.74. The smallest absolute Gasteiger partial charge is 0.661 e. The summed E-state index contributed by atoms with van der Waals surface area (Å²) in [5.41, 5.74) is -4.55. The Labute approximate surface area is 251 Å². The molecule has 0 atom stereocenters. The van der Waals surface area contributed by atoms with Gasteiger partial charge in [-0.2, -0.15) is 39.5 Å². The van der Waals surface area contributed by atoms with Crippen molar-refractivity contribution in [1.82, 2.24) is 29.1 Å². The molecule has 235 valence electrons. The first-order valence-corrected chi connectivity index (χ1v) is 11.6. The minimum absolute atomic E-state index is 0. The number of rotatable bonds is 4. The average molecular weight is 688 g/mol. The van der Waals surface area contributed by atoms with Gasteiger partial charge in [0.05, 0.1) is 5.56 Å². The average Bonchev–Trinajstić information content (AvgIpc) is 3.57. The topological polar surface area (TPSA) is 103 Å². The van der Waals surface area contributed by atoms with Crippen LogP contribution in [0.4, 0.5) is 39.5 Å². The van der Waals surface area contributed by atoms with Crippen LogP contribution in [0, 0.1) is 20.8 Å². The van der Waals surface area contributed by atoms with Crippen molar-refractivity contribution in [3.8, 4) is 0 Å². The zero-order valence-corrected chi connectivity index (χ0v) is 23.4. The number of carbonyl (C=O) groups is 1. The molecule has 21 heteroatoms. The third-order valence-corrected chi connectivity index (χ3v) is 5.67. The molecule has 0 saturated heterocycles. The summed E-state index contributed by atoms with van der Waals surface area (Å²) in [7, 11) is -1.80. The van der Waals surface area contributed by atoms with Crippen LogP contribution in [0.2, 0.25) is 5.02 Å². The number of halogens is 10. The second kappa shape index (κ2) is 13.0. The van der Waals surface area contributed by atoms with Crippen molar-refractivity contribution in [2.24, 2.45) is 0 Å². The van der Waals surface area contributed by atoms with Gasteiger partial charge in [-0.3, -0.25) is 0 Å². The maximum atomic E-state index is 13.1. The molecule has 0 unspecified atom stereocenters. The predicted octanol–water partition coefficient (Wildman–Crippen LogP) is 4.96. The summed E-state index contributed by atoms with van der Waals surface area (Å²) in [4.78, 5) is 13.8. The van der Waals surface area contributed by atoms with E-state index in [1.54, 1.807) is 12.1 Å². The van der Waals surface area contributed by atoms with Gasteiger partial charge in [0.1, 0.15) is 0 Å². The SMILES string of the molecule is Cc1cc(C(F)(F)F)nn1[B-](n1nc(C(F)(F)F)cc1C)n1nc(C(F)(F)F)cc1C.O=C(O[O-])c1cccc(Cl)c1.[Ni+2]. The Morgan fingerprint density at radius 2 is 1.09 bits per heavy atom. The van der Waals surface area contributed by atoms with E-state index in [9.17, 15) is 49.6 Å². The normalized spacial score (nSPS) is 12.1. The third kappa shape index (κ3) is 8.32. The molecule has 1 aromatic carbocycles. The number of hydrogen-bond donors (Lipinski definition) is 0. The minimum Gasteiger partial charge on any atom is -0.661 e. The molecule has 0 fully saturated rings. The largest absolute Gasteiger partial charge is 2.00 e. The third-order valence-electron chi connectivity index (χ3n) is 5.43. The number of hydrogen-bond acceptors (Lipinski definition) is 6. The summed E-state index contributed by atoms with van der Waals surface area (Å²) in [6, 6.07) is 7.81. The molecule has 3 heterocycles. The summed E-state index contributed by atoms with van der Waals surface area (Å²) in [6.45, 7) is 3.51. The predicted molar refractivity (Wildman–Crippen MR) is 125 cm³/mol. The van der Waals surface area contributed by atoms with Crippen molar-refractivity contribution in [3.63, 3.8) is 0 Å². The van der Waals surface area contributed by atoms with Gasteiger partial charge in [0.2, 0.25) is 0 Å². The van der Waals surface area contributed by atoms with Crippen LogP contribution in [0.1, 0.15) is 44.5 Å². The summed E-state index contributed by atoms with van der Waals surface area (Å²) >= 11 is 5.54. The van der Waals surface area contributed by atoms with E-state index >= 15 is 0 Å². The van der Waals surface area contributed by atoms with E-state index in [-0.39, 0.29) is 39.1 Å². The van der Waals surface area contributed by atoms with Gasteiger partial charge in [0, 0.05) is 5.02 Å². The van der Waals surface area contributed by atoms with Gasteiger partial charge in [0.15, 0.2) is 17.1 Å². The van der Waals surface area contributed by atoms with E-state index < -0.39 is 48.7 Å². The quantitative estimate of drug-likeness (QED) is 0.130. The molecule has 0 amide bonds. The van der Waals surface area contributed by atoms with Crippen molar-refractivity contribution < 1.29 is 70.9 Å². The molecule has 0 bridgehead atoms. The first-order chi connectivity index (χ1) is 19.2. The van der Waals surface area contributed by atoms with Crippen molar-refractivity contribution in [2.45, 2.75) is 39.3 Å². The van der Waals surface area contributed by atoms with Crippen LogP contribution in [0.15, 0.2) is 42.5 Å². The van der Waals surface area contributed by atoms with Crippen LogP contribution < -0.4 is 5.26 Å². The van der Waals surface area contributed by atoms with Crippen molar-refractivity contribution in [1.29, 1.82) is 0 Å². The van der Waals surface area contributed by atoms with Gasteiger partial charge in [-0.15, -0.1) is 0 Å². The fourth-order valence-electron chi connectivity index (χ4n) is 3.55. The number of alkyl halides is 9. The second-order valence-corrected chi connectivity index (χ2v) is 9.00. The van der Waals surface area contributed by atoms with Crippen LogP contribution in [0.3, 0.4) is 0 Å². The summed E-state index contributed by atoms with van der Waals surface area (Å²) in [5, 5.41) is 20.1. The molecular weight excluding hydrogens is 672 g/mol. The molecule has 0 N–H and O–H groups in total. The van der Waals surface area contributed by atoms with Crippen LogP contribution >= 0.6 is 11.6 Å². The summed E-state index contributed by atoms with van der Waals surface area (Å²) in [5.74, 6) is -0.924. The van der Waals surface area contributed by atoms with Crippen LogP contribution in [0.25, 0.3) is 0 Å². The van der Waals surface area contributed by atoms with Gasteiger partial charge in [-0.25, -0.2) is 20.1 Å². The fraction of sp³-hybridized carbons (Fsp3) is 0.273. The molecule has 9 nitrogen and oxygen atoms in total. The van der Waals surface area contributed by atoms with Gasteiger partial charge in [-0.1, -0.05) is 17.7 Å². The van der Waals surface area contributed by atoms with Crippen LogP contribution in [0.5, 0.6) is 0 Å². The number of carbonyl (C=O) groups excluding carboxylic acids is 1. The van der Waals surface area contributed by atoms with Crippen molar-refractivity contribution >= 4 is 24.7 Å². The molecule has 1 radical (unpaired) electrons. The van der Waals surface area contributed by atoms with Gasteiger partial charge >= 0.3 is 41.0 Å². The standard InChI is InChI=1S/C15H12BF9N6.C7H5ClO3.Ni/c1-7-4-10(13(17,18)19)26-29(7)16(30-8(2)5-11(27-30)14(20,21)22)31-9(3)6-12(28-31)15(23,24)25;8-6-3-1-2-5(4-6)7(9)11-10;/h4-6H,1-3H3;1-4,10H;/q-1;;+2/p-1. The Morgan fingerprint density at radius 1 is 0.744 bits per heavy atom. The van der Waals surface area contributed by atoms with Gasteiger partial charge < -0.3 is 23.9 Å². The first-order valence-electron chi connectivity index (χ1n) is 11.2. The first kappa shape index (κ1) is 35.7.